The van der Waals surface area contributed by atoms with Crippen molar-refractivity contribution in [3.63, 3.8) is 0 Å². The number of aliphatic hydroxyl groups is 1. The fourth-order valence-corrected chi connectivity index (χ4v) is 7.03. The summed E-state index contributed by atoms with van der Waals surface area (Å²) in [5.74, 6) is 0.539. The second-order valence-electron chi connectivity index (χ2n) is 11.1. The van der Waals surface area contributed by atoms with Crippen LogP contribution in [-0.2, 0) is 17.6 Å². The van der Waals surface area contributed by atoms with Crippen LogP contribution in [0.5, 0.6) is 5.75 Å². The van der Waals surface area contributed by atoms with Gasteiger partial charge in [0, 0.05) is 18.0 Å². The minimum Gasteiger partial charge on any atom is -0.483 e. The second kappa shape index (κ2) is 9.64. The SMILES string of the molecule is Cc1cc(OCC(=O)N2CCC3(O)CCCCC3C2c2ccccc2)c2c3c(c(=O)oc2c1)CCCC3. The molecular weight excluding hydrogens is 466 g/mol. The molecule has 3 aromatic rings. The first-order chi connectivity index (χ1) is 17.9. The number of hydrogen-bond acceptors (Lipinski definition) is 5. The van der Waals surface area contributed by atoms with Gasteiger partial charge in [-0.25, -0.2) is 4.79 Å². The van der Waals surface area contributed by atoms with Gasteiger partial charge in [0.05, 0.1) is 17.0 Å². The van der Waals surface area contributed by atoms with Crippen molar-refractivity contribution in [2.24, 2.45) is 5.92 Å². The van der Waals surface area contributed by atoms with Gasteiger partial charge in [0.1, 0.15) is 11.3 Å². The monoisotopic (exact) mass is 501 g/mol. The van der Waals surface area contributed by atoms with Gasteiger partial charge in [-0.05, 0) is 80.7 Å². The summed E-state index contributed by atoms with van der Waals surface area (Å²) < 4.78 is 11.9. The van der Waals surface area contributed by atoms with Crippen LogP contribution in [-0.4, -0.2) is 34.7 Å². The number of piperidine rings is 1. The van der Waals surface area contributed by atoms with Gasteiger partial charge < -0.3 is 19.2 Å². The molecule has 1 aromatic heterocycles. The van der Waals surface area contributed by atoms with Gasteiger partial charge in [-0.1, -0.05) is 43.2 Å². The zero-order chi connectivity index (χ0) is 25.6. The molecular formula is C31H35NO5. The minimum absolute atomic E-state index is 0.0162. The molecule has 2 heterocycles. The average Bonchev–Trinajstić information content (AvgIpc) is 2.91. The maximum absolute atomic E-state index is 13.7. The summed E-state index contributed by atoms with van der Waals surface area (Å²) in [7, 11) is 0. The van der Waals surface area contributed by atoms with Crippen molar-refractivity contribution in [3.8, 4) is 5.75 Å². The molecule has 0 radical (unpaired) electrons. The number of fused-ring (bicyclic) bond motifs is 4. The van der Waals surface area contributed by atoms with E-state index >= 15 is 0 Å². The van der Waals surface area contributed by atoms with E-state index in [9.17, 15) is 14.7 Å². The van der Waals surface area contributed by atoms with Crippen LogP contribution in [0, 0.1) is 12.8 Å². The van der Waals surface area contributed by atoms with E-state index in [1.807, 2.05) is 42.2 Å². The molecule has 6 heteroatoms. The smallest absolute Gasteiger partial charge is 0.339 e. The molecule has 2 aromatic carbocycles. The number of carbonyl (C=O) groups excluding carboxylic acids is 1. The fourth-order valence-electron chi connectivity index (χ4n) is 7.03. The topological polar surface area (TPSA) is 80.0 Å². The molecule has 194 valence electrons. The van der Waals surface area contributed by atoms with Crippen LogP contribution in [0.1, 0.15) is 73.2 Å². The van der Waals surface area contributed by atoms with Crippen LogP contribution >= 0.6 is 0 Å². The van der Waals surface area contributed by atoms with Crippen molar-refractivity contribution in [1.82, 2.24) is 4.90 Å². The third-order valence-corrected chi connectivity index (χ3v) is 8.81. The summed E-state index contributed by atoms with van der Waals surface area (Å²) in [5, 5.41) is 12.3. The van der Waals surface area contributed by atoms with E-state index in [2.05, 4.69) is 12.1 Å². The van der Waals surface area contributed by atoms with E-state index < -0.39 is 5.60 Å². The number of aryl methyl sites for hydroxylation is 2. The highest BCUT2D eigenvalue weighted by Crippen LogP contribution is 2.49. The highest BCUT2D eigenvalue weighted by Gasteiger charge is 2.50. The molecule has 1 amide bonds. The standard InChI is InChI=1S/C31H35NO5/c1-20-17-25(28-22-11-5-6-12-23(22)30(34)37-26(28)18-20)36-19-27(33)32-16-15-31(35)14-8-7-13-24(31)29(32)21-9-3-2-4-10-21/h2-4,9-10,17-18,24,29,35H,5-8,11-16,19H2,1H3. The lowest BCUT2D eigenvalue weighted by molar-refractivity contribution is -0.157. The summed E-state index contributed by atoms with van der Waals surface area (Å²) >= 11 is 0. The first-order valence-electron chi connectivity index (χ1n) is 13.7. The molecule has 3 aliphatic rings. The van der Waals surface area contributed by atoms with Crippen molar-refractivity contribution < 1.29 is 19.1 Å². The Bertz CT molecular complexity index is 1380. The summed E-state index contributed by atoms with van der Waals surface area (Å²) in [6, 6.07) is 13.8. The number of rotatable bonds is 4. The fraction of sp³-hybridized carbons (Fsp3) is 0.484. The number of benzene rings is 2. The van der Waals surface area contributed by atoms with Crippen LogP contribution < -0.4 is 10.4 Å². The Morgan fingerprint density at radius 3 is 2.68 bits per heavy atom. The Morgan fingerprint density at radius 2 is 1.86 bits per heavy atom. The van der Waals surface area contributed by atoms with Crippen LogP contribution in [0.15, 0.2) is 51.7 Å². The Balaban J connectivity index is 1.32. The van der Waals surface area contributed by atoms with Crippen LogP contribution in [0.4, 0.5) is 0 Å². The van der Waals surface area contributed by atoms with Gasteiger partial charge >= 0.3 is 5.63 Å². The number of hydrogen-bond donors (Lipinski definition) is 1. The van der Waals surface area contributed by atoms with Gasteiger partial charge in [-0.2, -0.15) is 0 Å². The van der Waals surface area contributed by atoms with Crippen molar-refractivity contribution in [2.75, 3.05) is 13.2 Å². The van der Waals surface area contributed by atoms with Crippen molar-refractivity contribution in [1.29, 1.82) is 0 Å². The normalized spacial score (nSPS) is 25.4. The molecule has 1 saturated heterocycles. The van der Waals surface area contributed by atoms with Crippen LogP contribution in [0.2, 0.25) is 0 Å². The van der Waals surface area contributed by atoms with Gasteiger partial charge in [-0.3, -0.25) is 4.79 Å². The van der Waals surface area contributed by atoms with Gasteiger partial charge in [0.2, 0.25) is 0 Å². The molecule has 6 nitrogen and oxygen atoms in total. The lowest BCUT2D eigenvalue weighted by Crippen LogP contribution is -2.56. The predicted octanol–water partition coefficient (Wildman–Crippen LogP) is 5.25. The minimum atomic E-state index is -0.722. The largest absolute Gasteiger partial charge is 0.483 e. The number of nitrogens with zero attached hydrogens (tertiary/aromatic N) is 1. The number of likely N-dealkylation sites (tertiary alicyclic amines) is 1. The van der Waals surface area contributed by atoms with E-state index in [0.29, 0.717) is 24.3 Å². The van der Waals surface area contributed by atoms with Crippen molar-refractivity contribution in [2.45, 2.75) is 76.4 Å². The Kier molecular flexibility index (Phi) is 6.31. The Morgan fingerprint density at radius 1 is 1.08 bits per heavy atom. The van der Waals surface area contributed by atoms with Crippen LogP contribution in [0.3, 0.4) is 0 Å². The molecule has 0 bridgehead atoms. The lowest BCUT2D eigenvalue weighted by Gasteiger charge is -2.52. The summed E-state index contributed by atoms with van der Waals surface area (Å²) in [5.41, 5.74) is 3.29. The first-order valence-corrected chi connectivity index (χ1v) is 13.7. The Labute approximate surface area is 217 Å². The number of amides is 1. The number of ether oxygens (including phenoxy) is 1. The van der Waals surface area contributed by atoms with Gasteiger partial charge in [0.25, 0.3) is 5.91 Å². The Hall–Kier alpha value is -3.12. The quantitative estimate of drug-likeness (QED) is 0.494. The molecule has 2 aliphatic carbocycles. The zero-order valence-electron chi connectivity index (χ0n) is 21.5. The molecule has 0 spiro atoms. The summed E-state index contributed by atoms with van der Waals surface area (Å²) in [4.78, 5) is 28.3. The second-order valence-corrected chi connectivity index (χ2v) is 11.1. The van der Waals surface area contributed by atoms with E-state index in [1.165, 1.54) is 0 Å². The first kappa shape index (κ1) is 24.2. The highest BCUT2D eigenvalue weighted by atomic mass is 16.5. The maximum Gasteiger partial charge on any atom is 0.339 e. The number of carbonyl (C=O) groups is 1. The highest BCUT2D eigenvalue weighted by molar-refractivity contribution is 5.89. The van der Waals surface area contributed by atoms with Crippen molar-refractivity contribution >= 4 is 16.9 Å². The maximum atomic E-state index is 13.7. The lowest BCUT2D eigenvalue weighted by atomic mass is 9.66. The molecule has 1 saturated carbocycles. The van der Waals surface area contributed by atoms with Crippen LogP contribution in [0.25, 0.3) is 11.0 Å². The third kappa shape index (κ3) is 4.35. The van der Waals surface area contributed by atoms with E-state index in [0.717, 1.165) is 79.0 Å². The van der Waals surface area contributed by atoms with Gasteiger partial charge in [0.15, 0.2) is 6.61 Å². The van der Waals surface area contributed by atoms with Crippen molar-refractivity contribution in [3.05, 3.63) is 75.1 Å². The molecule has 1 aliphatic heterocycles. The summed E-state index contributed by atoms with van der Waals surface area (Å²) in [6.07, 6.45) is 7.94. The molecule has 1 N–H and O–H groups in total. The predicted molar refractivity (Wildman–Crippen MR) is 142 cm³/mol. The molecule has 3 unspecified atom stereocenters. The molecule has 2 fully saturated rings. The van der Waals surface area contributed by atoms with Gasteiger partial charge in [-0.15, -0.1) is 0 Å². The summed E-state index contributed by atoms with van der Waals surface area (Å²) in [6.45, 7) is 2.35. The molecule has 37 heavy (non-hydrogen) atoms. The average molecular weight is 502 g/mol. The molecule has 6 rings (SSSR count). The molecule has 3 atom stereocenters. The third-order valence-electron chi connectivity index (χ3n) is 8.81. The van der Waals surface area contributed by atoms with E-state index in [4.69, 9.17) is 9.15 Å². The van der Waals surface area contributed by atoms with E-state index in [-0.39, 0.29) is 30.1 Å². The zero-order valence-corrected chi connectivity index (χ0v) is 21.5. The van der Waals surface area contributed by atoms with E-state index in [1.54, 1.807) is 0 Å².